The highest BCUT2D eigenvalue weighted by molar-refractivity contribution is 7.22. The molecule has 0 radical (unpaired) electrons. The van der Waals surface area contributed by atoms with Crippen LogP contribution in [0.25, 0.3) is 10.2 Å². The first-order valence-corrected chi connectivity index (χ1v) is 11.6. The van der Waals surface area contributed by atoms with Crippen LogP contribution in [0.5, 0.6) is 11.5 Å². The highest BCUT2D eigenvalue weighted by Crippen LogP contribution is 2.40. The summed E-state index contributed by atoms with van der Waals surface area (Å²) in [4.78, 5) is 36.6. The highest BCUT2D eigenvalue weighted by Gasteiger charge is 2.38. The van der Waals surface area contributed by atoms with Crippen molar-refractivity contribution in [2.75, 3.05) is 57.7 Å². The maximum atomic E-state index is 13.7. The van der Waals surface area contributed by atoms with Crippen LogP contribution in [0, 0.1) is 5.92 Å². The summed E-state index contributed by atoms with van der Waals surface area (Å²) >= 11 is 1.39. The summed E-state index contributed by atoms with van der Waals surface area (Å²) < 4.78 is 11.8. The smallest absolute Gasteiger partial charge is 0.234 e. The van der Waals surface area contributed by atoms with Gasteiger partial charge in [-0.15, -0.1) is 12.4 Å². The molecule has 2 aromatic carbocycles. The fourth-order valence-corrected chi connectivity index (χ4v) is 5.05. The Morgan fingerprint density at radius 1 is 1.09 bits per heavy atom. The standard InChI is InChI=1S/C24H28N4O4S.ClH/c1-26(2)12-13-27(24-25-21-18(31-3)10-11-19(32-4)22(21)33-24)23(30)16-14-20(29)28(15-16)17-8-6-5-7-9-17;/h5-11,16H,12-15H2,1-4H3;1H. The third-order valence-corrected chi connectivity index (χ3v) is 6.80. The third kappa shape index (κ3) is 5.11. The molecule has 1 atom stereocenters. The molecule has 0 saturated carbocycles. The number of aromatic nitrogens is 1. The fourth-order valence-electron chi connectivity index (χ4n) is 3.94. The number of para-hydroxylation sites is 1. The van der Waals surface area contributed by atoms with Crippen molar-refractivity contribution >= 4 is 56.6 Å². The Morgan fingerprint density at radius 3 is 2.41 bits per heavy atom. The molecule has 0 N–H and O–H groups in total. The Balaban J connectivity index is 0.00000324. The average molecular weight is 505 g/mol. The molecule has 10 heteroatoms. The van der Waals surface area contributed by atoms with Gasteiger partial charge in [0.1, 0.15) is 21.7 Å². The summed E-state index contributed by atoms with van der Waals surface area (Å²) in [6, 6.07) is 13.1. The molecule has 1 saturated heterocycles. The lowest BCUT2D eigenvalue weighted by atomic mass is 10.1. The van der Waals surface area contributed by atoms with Crippen LogP contribution in [-0.4, -0.2) is 69.6 Å². The number of benzene rings is 2. The number of anilines is 2. The van der Waals surface area contributed by atoms with Gasteiger partial charge in [-0.3, -0.25) is 14.5 Å². The molecule has 182 valence electrons. The summed E-state index contributed by atoms with van der Waals surface area (Å²) in [6.07, 6.45) is 0.184. The number of methoxy groups -OCH3 is 2. The summed E-state index contributed by atoms with van der Waals surface area (Å²) in [7, 11) is 7.13. The molecular weight excluding hydrogens is 476 g/mol. The monoisotopic (exact) mass is 504 g/mol. The molecule has 1 unspecified atom stereocenters. The minimum atomic E-state index is -0.435. The zero-order valence-electron chi connectivity index (χ0n) is 19.7. The van der Waals surface area contributed by atoms with Crippen LogP contribution >= 0.6 is 23.7 Å². The number of fused-ring (bicyclic) bond motifs is 1. The number of carbonyl (C=O) groups is 2. The Morgan fingerprint density at radius 2 is 1.76 bits per heavy atom. The Labute approximate surface area is 209 Å². The normalized spacial score (nSPS) is 15.5. The molecule has 2 amide bonds. The maximum Gasteiger partial charge on any atom is 0.234 e. The van der Waals surface area contributed by atoms with E-state index >= 15 is 0 Å². The number of thiazole rings is 1. The van der Waals surface area contributed by atoms with E-state index in [1.165, 1.54) is 11.3 Å². The van der Waals surface area contributed by atoms with Crippen LogP contribution in [0.1, 0.15) is 6.42 Å². The zero-order chi connectivity index (χ0) is 23.5. The Kier molecular flexibility index (Phi) is 8.35. The van der Waals surface area contributed by atoms with E-state index in [9.17, 15) is 9.59 Å². The summed E-state index contributed by atoms with van der Waals surface area (Å²) in [5, 5.41) is 0.574. The predicted octanol–water partition coefficient (Wildman–Crippen LogP) is 3.68. The fraction of sp³-hybridized carbons (Fsp3) is 0.375. The first kappa shape index (κ1) is 25.7. The lowest BCUT2D eigenvalue weighted by Crippen LogP contribution is -2.41. The van der Waals surface area contributed by atoms with E-state index in [2.05, 4.69) is 0 Å². The number of amides is 2. The SMILES string of the molecule is COc1ccc(OC)c2sc(N(CCN(C)C)C(=O)C3CC(=O)N(c4ccccc4)C3)nc12.Cl. The van der Waals surface area contributed by atoms with Crippen LogP contribution in [0.4, 0.5) is 10.8 Å². The van der Waals surface area contributed by atoms with Gasteiger partial charge in [0.05, 0.1) is 20.1 Å². The van der Waals surface area contributed by atoms with Gasteiger partial charge in [-0.25, -0.2) is 4.98 Å². The van der Waals surface area contributed by atoms with Crippen molar-refractivity contribution in [3.05, 3.63) is 42.5 Å². The number of nitrogens with zero attached hydrogens (tertiary/aromatic N) is 4. The topological polar surface area (TPSA) is 75.2 Å². The van der Waals surface area contributed by atoms with E-state index < -0.39 is 5.92 Å². The number of ether oxygens (including phenoxy) is 2. The van der Waals surface area contributed by atoms with E-state index in [1.54, 1.807) is 24.0 Å². The van der Waals surface area contributed by atoms with Gasteiger partial charge in [-0.05, 0) is 38.4 Å². The lowest BCUT2D eigenvalue weighted by molar-refractivity contribution is -0.124. The van der Waals surface area contributed by atoms with Gasteiger partial charge in [0.25, 0.3) is 0 Å². The van der Waals surface area contributed by atoms with E-state index in [4.69, 9.17) is 14.5 Å². The summed E-state index contributed by atoms with van der Waals surface area (Å²) in [6.45, 7) is 1.49. The molecule has 0 aliphatic carbocycles. The number of hydrogen-bond donors (Lipinski definition) is 0. The molecule has 1 aliphatic heterocycles. The van der Waals surface area contributed by atoms with Crippen molar-refractivity contribution in [1.29, 1.82) is 0 Å². The van der Waals surface area contributed by atoms with Gasteiger partial charge in [0.15, 0.2) is 5.13 Å². The lowest BCUT2D eigenvalue weighted by Gasteiger charge is -2.24. The summed E-state index contributed by atoms with van der Waals surface area (Å²) in [5.41, 5.74) is 1.47. The van der Waals surface area contributed by atoms with Crippen molar-refractivity contribution in [1.82, 2.24) is 9.88 Å². The molecule has 34 heavy (non-hydrogen) atoms. The van der Waals surface area contributed by atoms with Crippen molar-refractivity contribution in [3.63, 3.8) is 0 Å². The van der Waals surface area contributed by atoms with Gasteiger partial charge in [0.2, 0.25) is 11.8 Å². The highest BCUT2D eigenvalue weighted by atomic mass is 35.5. The second-order valence-corrected chi connectivity index (χ2v) is 9.16. The minimum Gasteiger partial charge on any atom is -0.495 e. The van der Waals surface area contributed by atoms with E-state index in [1.807, 2.05) is 61.5 Å². The number of rotatable bonds is 8. The van der Waals surface area contributed by atoms with Crippen molar-refractivity contribution in [2.24, 2.45) is 5.92 Å². The van der Waals surface area contributed by atoms with Gasteiger partial charge in [-0.1, -0.05) is 29.5 Å². The zero-order valence-corrected chi connectivity index (χ0v) is 21.3. The second-order valence-electron chi connectivity index (χ2n) is 8.18. The van der Waals surface area contributed by atoms with Gasteiger partial charge < -0.3 is 19.3 Å². The first-order chi connectivity index (χ1) is 15.9. The van der Waals surface area contributed by atoms with Crippen LogP contribution in [0.2, 0.25) is 0 Å². The van der Waals surface area contributed by atoms with Gasteiger partial charge in [0, 0.05) is 31.7 Å². The van der Waals surface area contributed by atoms with Crippen LogP contribution in [0.15, 0.2) is 42.5 Å². The van der Waals surface area contributed by atoms with Crippen molar-refractivity contribution in [2.45, 2.75) is 6.42 Å². The largest absolute Gasteiger partial charge is 0.495 e. The molecule has 8 nitrogen and oxygen atoms in total. The first-order valence-electron chi connectivity index (χ1n) is 10.8. The second kappa shape index (κ2) is 11.0. The average Bonchev–Trinajstić information content (AvgIpc) is 3.43. The Bertz CT molecular complexity index is 1110. The Hall–Kier alpha value is -2.88. The van der Waals surface area contributed by atoms with Crippen LogP contribution in [-0.2, 0) is 9.59 Å². The quantitative estimate of drug-likeness (QED) is 0.466. The predicted molar refractivity (Wildman–Crippen MR) is 138 cm³/mol. The van der Waals surface area contributed by atoms with Gasteiger partial charge in [-0.2, -0.15) is 0 Å². The van der Waals surface area contributed by atoms with E-state index in [0.29, 0.717) is 41.8 Å². The molecule has 4 rings (SSSR count). The molecule has 1 aliphatic rings. The maximum absolute atomic E-state index is 13.7. The van der Waals surface area contributed by atoms with Crippen LogP contribution in [0.3, 0.4) is 0 Å². The molecule has 3 aromatic rings. The van der Waals surface area contributed by atoms with Crippen molar-refractivity contribution < 1.29 is 19.1 Å². The number of hydrogen-bond acceptors (Lipinski definition) is 7. The number of halogens is 1. The molecule has 1 fully saturated rings. The molecular formula is C24H29ClN4O4S. The molecule has 0 bridgehead atoms. The third-order valence-electron chi connectivity index (χ3n) is 5.71. The van der Waals surface area contributed by atoms with Crippen molar-refractivity contribution in [3.8, 4) is 11.5 Å². The number of likely N-dealkylation sites (N-methyl/N-ethyl adjacent to an activating group) is 1. The minimum absolute atomic E-state index is 0. The van der Waals surface area contributed by atoms with Gasteiger partial charge >= 0.3 is 0 Å². The van der Waals surface area contributed by atoms with Crippen LogP contribution < -0.4 is 19.3 Å². The number of carbonyl (C=O) groups excluding carboxylic acids is 2. The van der Waals surface area contributed by atoms with E-state index in [0.717, 1.165) is 10.4 Å². The summed E-state index contributed by atoms with van der Waals surface area (Å²) in [5.74, 6) is 0.733. The molecule has 0 spiro atoms. The van der Waals surface area contributed by atoms with E-state index in [-0.39, 0.29) is 30.6 Å². The molecule has 2 heterocycles. The molecule has 1 aromatic heterocycles.